The molecule has 0 atom stereocenters. The third kappa shape index (κ3) is 7.43. The summed E-state index contributed by atoms with van der Waals surface area (Å²) in [5.74, 6) is -0.528. The smallest absolute Gasteiger partial charge is 0.331 e. The van der Waals surface area contributed by atoms with Gasteiger partial charge in [0.25, 0.3) is 5.91 Å². The van der Waals surface area contributed by atoms with Crippen molar-refractivity contribution in [1.29, 1.82) is 0 Å². The molecule has 10 heteroatoms. The second kappa shape index (κ2) is 12.4. The van der Waals surface area contributed by atoms with Crippen molar-refractivity contribution in [2.75, 3.05) is 39.8 Å². The molecule has 2 rings (SSSR count). The molecule has 0 saturated carbocycles. The molecule has 0 saturated heterocycles. The lowest BCUT2D eigenvalue weighted by atomic mass is 10.1. The minimum atomic E-state index is -0.738. The topological polar surface area (TPSA) is 112 Å². The van der Waals surface area contributed by atoms with Crippen molar-refractivity contribution >= 4 is 41.1 Å². The fourth-order valence-corrected chi connectivity index (χ4v) is 2.89. The zero-order valence-electron chi connectivity index (χ0n) is 18.7. The zero-order valence-corrected chi connectivity index (χ0v) is 19.4. The Labute approximate surface area is 196 Å². The molecule has 0 heterocycles. The molecular weight excluding hydrogens is 452 g/mol. The number of hydrogen-bond acceptors (Lipinski definition) is 7. The van der Waals surface area contributed by atoms with Gasteiger partial charge >= 0.3 is 5.97 Å². The Balaban J connectivity index is 1.83. The molecule has 2 N–H and O–H groups in total. The molecule has 2 amide bonds. The van der Waals surface area contributed by atoms with Crippen molar-refractivity contribution in [3.05, 3.63) is 52.6 Å². The lowest BCUT2D eigenvalue weighted by molar-refractivity contribution is -0.143. The summed E-state index contributed by atoms with van der Waals surface area (Å²) in [6, 6.07) is 8.41. The summed E-state index contributed by atoms with van der Waals surface area (Å²) >= 11 is 6.01. The largest absolute Gasteiger partial charge is 0.493 e. The number of amides is 2. The number of carbonyl (C=O) groups excluding carboxylic acids is 3. The first kappa shape index (κ1) is 25.5. The molecule has 33 heavy (non-hydrogen) atoms. The van der Waals surface area contributed by atoms with E-state index < -0.39 is 24.4 Å². The minimum absolute atomic E-state index is 0.288. The van der Waals surface area contributed by atoms with Gasteiger partial charge in [-0.05, 0) is 48.4 Å². The molecule has 0 aromatic heterocycles. The first-order valence-electron chi connectivity index (χ1n) is 9.75. The Morgan fingerprint density at radius 3 is 2.27 bits per heavy atom. The molecule has 0 bridgehead atoms. The number of rotatable bonds is 10. The van der Waals surface area contributed by atoms with Crippen molar-refractivity contribution in [2.24, 2.45) is 0 Å². The van der Waals surface area contributed by atoms with Crippen LogP contribution in [-0.2, 0) is 19.1 Å². The van der Waals surface area contributed by atoms with E-state index in [-0.39, 0.29) is 6.54 Å². The molecule has 0 fully saturated rings. The summed E-state index contributed by atoms with van der Waals surface area (Å²) in [4.78, 5) is 35.8. The van der Waals surface area contributed by atoms with Crippen molar-refractivity contribution in [2.45, 2.75) is 6.92 Å². The van der Waals surface area contributed by atoms with Crippen LogP contribution < -0.4 is 24.8 Å². The summed E-state index contributed by atoms with van der Waals surface area (Å²) in [5.41, 5.74) is 1.86. The van der Waals surface area contributed by atoms with Gasteiger partial charge in [-0.1, -0.05) is 17.7 Å². The third-order valence-electron chi connectivity index (χ3n) is 4.43. The Kier molecular flexibility index (Phi) is 9.56. The van der Waals surface area contributed by atoms with Gasteiger partial charge in [0.1, 0.15) is 0 Å². The van der Waals surface area contributed by atoms with Gasteiger partial charge < -0.3 is 29.6 Å². The van der Waals surface area contributed by atoms with E-state index in [2.05, 4.69) is 10.6 Å². The van der Waals surface area contributed by atoms with Crippen LogP contribution in [-0.4, -0.2) is 52.3 Å². The monoisotopic (exact) mass is 476 g/mol. The molecular formula is C23H25ClN2O7. The molecule has 0 aliphatic heterocycles. The van der Waals surface area contributed by atoms with Crippen molar-refractivity contribution in [1.82, 2.24) is 5.32 Å². The fourth-order valence-electron chi connectivity index (χ4n) is 2.71. The standard InChI is InChI=1S/C23H25ClN2O7/c1-14-16(24)6-5-7-17(14)26-20(27)12-25-21(28)13-33-22(29)9-8-15-10-18(30-2)23(32-4)19(11-15)31-3/h5-11H,12-13H2,1-4H3,(H,25,28)(H,26,27)/b9-8+. The van der Waals surface area contributed by atoms with Crippen LogP contribution in [0.1, 0.15) is 11.1 Å². The SMILES string of the molecule is COc1cc(/C=C/C(=O)OCC(=O)NCC(=O)Nc2cccc(Cl)c2C)cc(OC)c1OC. The molecule has 176 valence electrons. The Hall–Kier alpha value is -3.72. The molecule has 0 aliphatic rings. The van der Waals surface area contributed by atoms with E-state index in [1.165, 1.54) is 27.4 Å². The molecule has 2 aromatic carbocycles. The maximum Gasteiger partial charge on any atom is 0.331 e. The predicted octanol–water partition coefficient (Wildman–Crippen LogP) is 2.99. The van der Waals surface area contributed by atoms with Crippen LogP contribution in [0.3, 0.4) is 0 Å². The van der Waals surface area contributed by atoms with E-state index in [1.807, 2.05) is 0 Å². The van der Waals surface area contributed by atoms with E-state index in [9.17, 15) is 14.4 Å². The lowest BCUT2D eigenvalue weighted by Gasteiger charge is -2.12. The van der Waals surface area contributed by atoms with Crippen molar-refractivity contribution < 1.29 is 33.3 Å². The highest BCUT2D eigenvalue weighted by atomic mass is 35.5. The molecule has 0 radical (unpaired) electrons. The van der Waals surface area contributed by atoms with Crippen LogP contribution in [0.25, 0.3) is 6.08 Å². The lowest BCUT2D eigenvalue weighted by Crippen LogP contribution is -2.35. The summed E-state index contributed by atoms with van der Waals surface area (Å²) < 4.78 is 20.6. The van der Waals surface area contributed by atoms with Crippen LogP contribution in [0, 0.1) is 6.92 Å². The Morgan fingerprint density at radius 2 is 1.67 bits per heavy atom. The van der Waals surface area contributed by atoms with Crippen LogP contribution in [0.5, 0.6) is 17.2 Å². The van der Waals surface area contributed by atoms with Crippen molar-refractivity contribution in [3.8, 4) is 17.2 Å². The second-order valence-electron chi connectivity index (χ2n) is 6.64. The van der Waals surface area contributed by atoms with Gasteiger partial charge in [-0.2, -0.15) is 0 Å². The van der Waals surface area contributed by atoms with Gasteiger partial charge in [0.15, 0.2) is 18.1 Å². The fraction of sp³-hybridized carbons (Fsp3) is 0.261. The quantitative estimate of drug-likeness (QED) is 0.400. The van der Waals surface area contributed by atoms with Crippen LogP contribution in [0.15, 0.2) is 36.4 Å². The summed E-state index contributed by atoms with van der Waals surface area (Å²) in [7, 11) is 4.45. The zero-order chi connectivity index (χ0) is 24.4. The Bertz CT molecular complexity index is 1030. The number of carbonyl (C=O) groups is 3. The molecule has 9 nitrogen and oxygen atoms in total. The summed E-state index contributed by atoms with van der Waals surface area (Å²) in [6.07, 6.45) is 2.63. The number of hydrogen-bond donors (Lipinski definition) is 2. The van der Waals surface area contributed by atoms with Gasteiger partial charge in [-0.3, -0.25) is 9.59 Å². The highest BCUT2D eigenvalue weighted by Crippen LogP contribution is 2.38. The number of esters is 1. The van der Waals surface area contributed by atoms with E-state index in [0.717, 1.165) is 6.08 Å². The van der Waals surface area contributed by atoms with Crippen molar-refractivity contribution in [3.63, 3.8) is 0 Å². The van der Waals surface area contributed by atoms with E-state index in [0.29, 0.717) is 39.1 Å². The predicted molar refractivity (Wildman–Crippen MR) is 124 cm³/mol. The van der Waals surface area contributed by atoms with E-state index in [1.54, 1.807) is 37.3 Å². The average Bonchev–Trinajstić information content (AvgIpc) is 2.82. The minimum Gasteiger partial charge on any atom is -0.493 e. The number of halogens is 1. The number of nitrogens with one attached hydrogen (secondary N) is 2. The van der Waals surface area contributed by atoms with Gasteiger partial charge in [0, 0.05) is 16.8 Å². The maximum absolute atomic E-state index is 12.0. The first-order chi connectivity index (χ1) is 15.8. The van der Waals surface area contributed by atoms with Crippen LogP contribution >= 0.6 is 11.6 Å². The summed E-state index contributed by atoms with van der Waals surface area (Å²) in [6.45, 7) is 0.938. The average molecular weight is 477 g/mol. The van der Waals surface area contributed by atoms with Gasteiger partial charge in [0.2, 0.25) is 11.7 Å². The van der Waals surface area contributed by atoms with Gasteiger partial charge in [0.05, 0.1) is 27.9 Å². The van der Waals surface area contributed by atoms with Gasteiger partial charge in [-0.15, -0.1) is 0 Å². The second-order valence-corrected chi connectivity index (χ2v) is 7.04. The third-order valence-corrected chi connectivity index (χ3v) is 4.84. The van der Waals surface area contributed by atoms with E-state index >= 15 is 0 Å². The van der Waals surface area contributed by atoms with E-state index in [4.69, 9.17) is 30.5 Å². The van der Waals surface area contributed by atoms with Crippen LogP contribution in [0.2, 0.25) is 5.02 Å². The highest BCUT2D eigenvalue weighted by molar-refractivity contribution is 6.31. The summed E-state index contributed by atoms with van der Waals surface area (Å²) in [5, 5.41) is 5.54. The van der Waals surface area contributed by atoms with Gasteiger partial charge in [-0.25, -0.2) is 4.79 Å². The number of anilines is 1. The molecule has 0 spiro atoms. The maximum atomic E-state index is 12.0. The molecule has 0 unspecified atom stereocenters. The number of ether oxygens (including phenoxy) is 4. The van der Waals surface area contributed by atoms with Crippen LogP contribution in [0.4, 0.5) is 5.69 Å². The first-order valence-corrected chi connectivity index (χ1v) is 10.1. The highest BCUT2D eigenvalue weighted by Gasteiger charge is 2.13. The Morgan fingerprint density at radius 1 is 1.00 bits per heavy atom. The number of methoxy groups -OCH3 is 3. The normalized spacial score (nSPS) is 10.5. The molecule has 2 aromatic rings. The number of benzene rings is 2. The molecule has 0 aliphatic carbocycles.